The molecule has 0 fully saturated rings. The number of fused-ring (bicyclic) bond motifs is 1. The first-order valence-corrected chi connectivity index (χ1v) is 6.99. The highest BCUT2D eigenvalue weighted by Gasteiger charge is 2.14. The Kier molecular flexibility index (Phi) is 4.61. The van der Waals surface area contributed by atoms with Gasteiger partial charge < -0.3 is 10.1 Å². The van der Waals surface area contributed by atoms with Crippen LogP contribution in [0, 0.1) is 5.92 Å². The Morgan fingerprint density at radius 3 is 2.50 bits per heavy atom. The first kappa shape index (κ1) is 14.4. The number of carbonyl (C=O) groups is 1. The van der Waals surface area contributed by atoms with Gasteiger partial charge in [0.05, 0.1) is 0 Å². The highest BCUT2D eigenvalue weighted by atomic mass is 16.5. The van der Waals surface area contributed by atoms with E-state index >= 15 is 0 Å². The SMILES string of the molecule is CC(C)CNC(=O)[C@H](C)Oc1ccc2ccccc2c1. The molecular weight excluding hydrogens is 250 g/mol. The topological polar surface area (TPSA) is 38.3 Å². The normalized spacial score (nSPS) is 12.4. The molecule has 1 N–H and O–H groups in total. The van der Waals surface area contributed by atoms with Gasteiger partial charge in [-0.05, 0) is 35.7 Å². The fraction of sp³-hybridized carbons (Fsp3) is 0.353. The van der Waals surface area contributed by atoms with Gasteiger partial charge in [0, 0.05) is 6.54 Å². The van der Waals surface area contributed by atoms with Crippen molar-refractivity contribution < 1.29 is 9.53 Å². The number of hydrogen-bond acceptors (Lipinski definition) is 2. The van der Waals surface area contributed by atoms with Gasteiger partial charge in [-0.2, -0.15) is 0 Å². The van der Waals surface area contributed by atoms with E-state index in [1.54, 1.807) is 6.92 Å². The van der Waals surface area contributed by atoms with Crippen molar-refractivity contribution in [3.8, 4) is 5.75 Å². The van der Waals surface area contributed by atoms with E-state index < -0.39 is 6.10 Å². The lowest BCUT2D eigenvalue weighted by Crippen LogP contribution is -2.38. The minimum absolute atomic E-state index is 0.0770. The van der Waals surface area contributed by atoms with E-state index in [4.69, 9.17) is 4.74 Å². The van der Waals surface area contributed by atoms with Gasteiger partial charge in [0.25, 0.3) is 5.91 Å². The maximum absolute atomic E-state index is 11.9. The standard InChI is InChI=1S/C17H21NO2/c1-12(2)11-18-17(19)13(3)20-16-9-8-14-6-4-5-7-15(14)10-16/h4-10,12-13H,11H2,1-3H3,(H,18,19)/t13-/m0/s1. The van der Waals surface area contributed by atoms with Crippen molar-refractivity contribution in [3.05, 3.63) is 42.5 Å². The van der Waals surface area contributed by atoms with Gasteiger partial charge in [-0.25, -0.2) is 0 Å². The van der Waals surface area contributed by atoms with Gasteiger partial charge in [0.15, 0.2) is 6.10 Å². The predicted octanol–water partition coefficient (Wildman–Crippen LogP) is 3.38. The number of carbonyl (C=O) groups excluding carboxylic acids is 1. The third-order valence-electron chi connectivity index (χ3n) is 3.09. The van der Waals surface area contributed by atoms with Crippen molar-refractivity contribution in [2.45, 2.75) is 26.9 Å². The molecule has 20 heavy (non-hydrogen) atoms. The smallest absolute Gasteiger partial charge is 0.260 e. The van der Waals surface area contributed by atoms with Crippen LogP contribution in [0.4, 0.5) is 0 Å². The minimum atomic E-state index is -0.491. The Bertz CT molecular complexity index is 592. The second kappa shape index (κ2) is 6.42. The van der Waals surface area contributed by atoms with Crippen LogP contribution in [0.5, 0.6) is 5.75 Å². The number of benzene rings is 2. The van der Waals surface area contributed by atoms with E-state index in [1.807, 2.05) is 36.4 Å². The molecule has 2 aromatic carbocycles. The largest absolute Gasteiger partial charge is 0.481 e. The van der Waals surface area contributed by atoms with Crippen LogP contribution in [-0.2, 0) is 4.79 Å². The number of nitrogens with one attached hydrogen (secondary N) is 1. The molecular formula is C17H21NO2. The van der Waals surface area contributed by atoms with Crippen LogP contribution in [0.2, 0.25) is 0 Å². The zero-order valence-corrected chi connectivity index (χ0v) is 12.2. The highest BCUT2D eigenvalue weighted by molar-refractivity contribution is 5.84. The zero-order chi connectivity index (χ0) is 14.5. The molecule has 0 aliphatic rings. The molecule has 2 rings (SSSR count). The van der Waals surface area contributed by atoms with E-state index in [0.717, 1.165) is 16.5 Å². The van der Waals surface area contributed by atoms with Crippen molar-refractivity contribution in [2.24, 2.45) is 5.92 Å². The molecule has 3 heteroatoms. The van der Waals surface area contributed by atoms with Crippen LogP contribution < -0.4 is 10.1 Å². The maximum atomic E-state index is 11.9. The molecule has 0 unspecified atom stereocenters. The molecule has 0 aliphatic carbocycles. The summed E-state index contributed by atoms with van der Waals surface area (Å²) in [6.45, 7) is 6.57. The average Bonchev–Trinajstić information content (AvgIpc) is 2.44. The molecule has 0 spiro atoms. The third-order valence-corrected chi connectivity index (χ3v) is 3.09. The Balaban J connectivity index is 2.02. The first-order chi connectivity index (χ1) is 9.56. The van der Waals surface area contributed by atoms with Gasteiger partial charge in [-0.1, -0.05) is 44.2 Å². The lowest BCUT2D eigenvalue weighted by atomic mass is 10.1. The Labute approximate surface area is 119 Å². The molecule has 1 atom stereocenters. The molecule has 106 valence electrons. The van der Waals surface area contributed by atoms with Crippen LogP contribution in [-0.4, -0.2) is 18.6 Å². The Hall–Kier alpha value is -2.03. The summed E-state index contributed by atoms with van der Waals surface area (Å²) in [4.78, 5) is 11.9. The maximum Gasteiger partial charge on any atom is 0.260 e. The quantitative estimate of drug-likeness (QED) is 0.905. The predicted molar refractivity (Wildman–Crippen MR) is 81.9 cm³/mol. The molecule has 1 amide bonds. The summed E-state index contributed by atoms with van der Waals surface area (Å²) in [5.74, 6) is 1.08. The summed E-state index contributed by atoms with van der Waals surface area (Å²) in [5, 5.41) is 5.15. The summed E-state index contributed by atoms with van der Waals surface area (Å²) in [6.07, 6.45) is -0.491. The van der Waals surface area contributed by atoms with Crippen molar-refractivity contribution >= 4 is 16.7 Å². The highest BCUT2D eigenvalue weighted by Crippen LogP contribution is 2.21. The number of rotatable bonds is 5. The first-order valence-electron chi connectivity index (χ1n) is 6.99. The van der Waals surface area contributed by atoms with Crippen LogP contribution in [0.1, 0.15) is 20.8 Å². The van der Waals surface area contributed by atoms with Gasteiger partial charge in [0.2, 0.25) is 0 Å². The fourth-order valence-corrected chi connectivity index (χ4v) is 1.95. The number of ether oxygens (including phenoxy) is 1. The molecule has 3 nitrogen and oxygen atoms in total. The van der Waals surface area contributed by atoms with E-state index in [2.05, 4.69) is 25.2 Å². The fourth-order valence-electron chi connectivity index (χ4n) is 1.95. The number of amides is 1. The zero-order valence-electron chi connectivity index (χ0n) is 12.2. The summed E-state index contributed by atoms with van der Waals surface area (Å²) in [5.41, 5.74) is 0. The summed E-state index contributed by atoms with van der Waals surface area (Å²) >= 11 is 0. The third kappa shape index (κ3) is 3.73. The van der Waals surface area contributed by atoms with Gasteiger partial charge in [-0.15, -0.1) is 0 Å². The molecule has 0 radical (unpaired) electrons. The molecule has 0 aliphatic heterocycles. The molecule has 0 bridgehead atoms. The van der Waals surface area contributed by atoms with Gasteiger partial charge in [-0.3, -0.25) is 4.79 Å². The van der Waals surface area contributed by atoms with E-state index in [1.165, 1.54) is 0 Å². The summed E-state index contributed by atoms with van der Waals surface area (Å²) in [6, 6.07) is 13.9. The lowest BCUT2D eigenvalue weighted by Gasteiger charge is -2.16. The van der Waals surface area contributed by atoms with E-state index in [9.17, 15) is 4.79 Å². The van der Waals surface area contributed by atoms with Crippen LogP contribution in [0.25, 0.3) is 10.8 Å². The van der Waals surface area contributed by atoms with Crippen LogP contribution >= 0.6 is 0 Å². The van der Waals surface area contributed by atoms with Crippen molar-refractivity contribution in [3.63, 3.8) is 0 Å². The van der Waals surface area contributed by atoms with Crippen molar-refractivity contribution in [1.29, 1.82) is 0 Å². The summed E-state index contributed by atoms with van der Waals surface area (Å²) in [7, 11) is 0. The molecule has 0 heterocycles. The second-order valence-corrected chi connectivity index (χ2v) is 5.41. The summed E-state index contributed by atoms with van der Waals surface area (Å²) < 4.78 is 5.70. The monoisotopic (exact) mass is 271 g/mol. The van der Waals surface area contributed by atoms with Gasteiger partial charge >= 0.3 is 0 Å². The average molecular weight is 271 g/mol. The van der Waals surface area contributed by atoms with E-state index in [0.29, 0.717) is 12.5 Å². The van der Waals surface area contributed by atoms with E-state index in [-0.39, 0.29) is 5.91 Å². The Morgan fingerprint density at radius 2 is 1.80 bits per heavy atom. The molecule has 2 aromatic rings. The second-order valence-electron chi connectivity index (χ2n) is 5.41. The van der Waals surface area contributed by atoms with Crippen LogP contribution in [0.15, 0.2) is 42.5 Å². The Morgan fingerprint density at radius 1 is 1.10 bits per heavy atom. The number of hydrogen-bond donors (Lipinski definition) is 1. The molecule has 0 saturated carbocycles. The van der Waals surface area contributed by atoms with Crippen molar-refractivity contribution in [1.82, 2.24) is 5.32 Å². The van der Waals surface area contributed by atoms with Crippen LogP contribution in [0.3, 0.4) is 0 Å². The molecule has 0 aromatic heterocycles. The minimum Gasteiger partial charge on any atom is -0.481 e. The van der Waals surface area contributed by atoms with Crippen molar-refractivity contribution in [2.75, 3.05) is 6.54 Å². The molecule has 0 saturated heterocycles. The van der Waals surface area contributed by atoms with Gasteiger partial charge in [0.1, 0.15) is 5.75 Å². The lowest BCUT2D eigenvalue weighted by molar-refractivity contribution is -0.127.